The van der Waals surface area contributed by atoms with Crippen LogP contribution in [0.3, 0.4) is 0 Å². The number of aromatic amines is 1. The van der Waals surface area contributed by atoms with E-state index in [2.05, 4.69) is 10.2 Å². The number of hydrogen-bond donors (Lipinski definition) is 1. The Kier molecular flexibility index (Phi) is 4.90. The quantitative estimate of drug-likeness (QED) is 0.874. The van der Waals surface area contributed by atoms with Crippen molar-refractivity contribution >= 4 is 33.2 Å². The Morgan fingerprint density at radius 3 is 2.71 bits per heavy atom. The summed E-state index contributed by atoms with van der Waals surface area (Å²) in [6.07, 6.45) is -0.439. The maximum atomic E-state index is 13.0. The van der Waals surface area contributed by atoms with Gasteiger partial charge in [-0.25, -0.2) is 8.42 Å². The van der Waals surface area contributed by atoms with Crippen LogP contribution in [0.5, 0.6) is 0 Å². The van der Waals surface area contributed by atoms with Gasteiger partial charge in [0.05, 0.1) is 24.1 Å². The Hall–Kier alpha value is -1.12. The fourth-order valence-electron chi connectivity index (χ4n) is 2.84. The summed E-state index contributed by atoms with van der Waals surface area (Å²) in [6, 6.07) is 5.10. The number of H-pyrrole nitrogens is 1. The number of hydrogen-bond acceptors (Lipinski definition) is 4. The third-order valence-electron chi connectivity index (χ3n) is 4.00. The smallest absolute Gasteiger partial charge is 0.246 e. The number of benzene rings is 1. The highest BCUT2D eigenvalue weighted by molar-refractivity contribution is 7.89. The van der Waals surface area contributed by atoms with Crippen LogP contribution in [0.15, 0.2) is 23.1 Å². The molecular formula is C15H17Cl2N3O3S. The van der Waals surface area contributed by atoms with Crippen molar-refractivity contribution in [2.24, 2.45) is 0 Å². The van der Waals surface area contributed by atoms with E-state index in [1.54, 1.807) is 32.0 Å². The van der Waals surface area contributed by atoms with Crippen molar-refractivity contribution in [3.05, 3.63) is 45.2 Å². The molecule has 2 aromatic rings. The second kappa shape index (κ2) is 6.65. The van der Waals surface area contributed by atoms with Gasteiger partial charge in [0.1, 0.15) is 4.90 Å². The summed E-state index contributed by atoms with van der Waals surface area (Å²) in [5, 5.41) is 7.68. The first-order valence-electron chi connectivity index (χ1n) is 7.39. The van der Waals surface area contributed by atoms with Gasteiger partial charge in [0, 0.05) is 28.7 Å². The average molecular weight is 390 g/mol. The van der Waals surface area contributed by atoms with Crippen LogP contribution >= 0.6 is 23.2 Å². The van der Waals surface area contributed by atoms with Gasteiger partial charge in [0.25, 0.3) is 0 Å². The number of ether oxygens (including phenoxy) is 1. The number of nitrogens with zero attached hydrogens (tertiary/aromatic N) is 2. The Morgan fingerprint density at radius 1 is 1.33 bits per heavy atom. The minimum atomic E-state index is -3.65. The largest absolute Gasteiger partial charge is 0.371 e. The summed E-state index contributed by atoms with van der Waals surface area (Å²) in [6.45, 7) is 4.13. The lowest BCUT2D eigenvalue weighted by Gasteiger charge is -2.32. The van der Waals surface area contributed by atoms with Crippen LogP contribution < -0.4 is 0 Å². The van der Waals surface area contributed by atoms with Crippen LogP contribution in [-0.2, 0) is 14.8 Å². The molecule has 0 aliphatic carbocycles. The fourth-order valence-corrected chi connectivity index (χ4v) is 5.13. The summed E-state index contributed by atoms with van der Waals surface area (Å²) < 4.78 is 33.1. The summed E-state index contributed by atoms with van der Waals surface area (Å²) in [7, 11) is -3.65. The van der Waals surface area contributed by atoms with Gasteiger partial charge in [0.2, 0.25) is 10.0 Å². The first kappa shape index (κ1) is 17.7. The van der Waals surface area contributed by atoms with Crippen LogP contribution in [0.25, 0.3) is 0 Å². The number of nitrogens with one attached hydrogen (secondary N) is 1. The van der Waals surface area contributed by atoms with Crippen LogP contribution in [0.4, 0.5) is 0 Å². The van der Waals surface area contributed by atoms with E-state index in [0.717, 1.165) is 5.56 Å². The van der Waals surface area contributed by atoms with Gasteiger partial charge in [0.15, 0.2) is 0 Å². The number of morpholine rings is 1. The van der Waals surface area contributed by atoms with E-state index in [0.29, 0.717) is 28.0 Å². The van der Waals surface area contributed by atoms with Gasteiger partial charge in [-0.05, 0) is 26.0 Å². The molecular weight excluding hydrogens is 373 g/mol. The molecule has 1 saturated heterocycles. The summed E-state index contributed by atoms with van der Waals surface area (Å²) in [5.41, 5.74) is 1.71. The monoisotopic (exact) mass is 389 g/mol. The predicted molar refractivity (Wildman–Crippen MR) is 92.0 cm³/mol. The van der Waals surface area contributed by atoms with Gasteiger partial charge < -0.3 is 4.74 Å². The number of aryl methyl sites for hydroxylation is 2. The van der Waals surface area contributed by atoms with E-state index in [9.17, 15) is 8.42 Å². The van der Waals surface area contributed by atoms with Crippen molar-refractivity contribution in [3.8, 4) is 0 Å². The molecule has 6 nitrogen and oxygen atoms in total. The zero-order valence-electron chi connectivity index (χ0n) is 13.2. The number of sulfonamides is 1. The zero-order valence-corrected chi connectivity index (χ0v) is 15.5. The number of rotatable bonds is 3. The predicted octanol–water partition coefficient (Wildman–Crippen LogP) is 3.10. The maximum Gasteiger partial charge on any atom is 0.246 e. The molecule has 1 aromatic carbocycles. The third kappa shape index (κ3) is 3.19. The molecule has 24 heavy (non-hydrogen) atoms. The minimum absolute atomic E-state index is 0.188. The standard InChI is InChI=1S/C15H17Cl2N3O3S/c1-9-15(10(2)19-18-9)24(21,22)20-5-6-23-14(8-20)12-4-3-11(16)7-13(12)17/h3-4,7,14H,5-6,8H2,1-2H3,(H,18,19). The van der Waals surface area contributed by atoms with Crippen LogP contribution in [0.2, 0.25) is 10.0 Å². The molecule has 1 fully saturated rings. The molecule has 1 aromatic heterocycles. The van der Waals surface area contributed by atoms with E-state index < -0.39 is 16.1 Å². The lowest BCUT2D eigenvalue weighted by Crippen LogP contribution is -2.42. The minimum Gasteiger partial charge on any atom is -0.371 e. The fraction of sp³-hybridized carbons (Fsp3) is 0.400. The normalized spacial score (nSPS) is 19.6. The first-order chi connectivity index (χ1) is 11.3. The van der Waals surface area contributed by atoms with Gasteiger partial charge in [-0.2, -0.15) is 9.40 Å². The van der Waals surface area contributed by atoms with Crippen LogP contribution in [0, 0.1) is 13.8 Å². The Balaban J connectivity index is 1.91. The molecule has 1 N–H and O–H groups in total. The summed E-state index contributed by atoms with van der Waals surface area (Å²) in [5.74, 6) is 0. The van der Waals surface area contributed by atoms with Crippen molar-refractivity contribution < 1.29 is 13.2 Å². The lowest BCUT2D eigenvalue weighted by molar-refractivity contribution is -0.00251. The van der Waals surface area contributed by atoms with Crippen molar-refractivity contribution in [1.82, 2.24) is 14.5 Å². The maximum absolute atomic E-state index is 13.0. The summed E-state index contributed by atoms with van der Waals surface area (Å²) >= 11 is 12.1. The molecule has 1 unspecified atom stereocenters. The average Bonchev–Trinajstić information content (AvgIpc) is 2.87. The lowest BCUT2D eigenvalue weighted by atomic mass is 10.1. The number of halogens is 2. The molecule has 3 rings (SSSR count). The van der Waals surface area contributed by atoms with E-state index in [1.165, 1.54) is 4.31 Å². The molecule has 1 atom stereocenters. The van der Waals surface area contributed by atoms with Gasteiger partial charge in [-0.3, -0.25) is 5.10 Å². The van der Waals surface area contributed by atoms with Crippen LogP contribution in [-0.4, -0.2) is 42.6 Å². The molecule has 0 amide bonds. The van der Waals surface area contributed by atoms with Crippen molar-refractivity contribution in [2.45, 2.75) is 24.8 Å². The van der Waals surface area contributed by atoms with Gasteiger partial charge >= 0.3 is 0 Å². The highest BCUT2D eigenvalue weighted by Crippen LogP contribution is 2.33. The van der Waals surface area contributed by atoms with E-state index in [4.69, 9.17) is 27.9 Å². The Morgan fingerprint density at radius 2 is 2.08 bits per heavy atom. The molecule has 2 heterocycles. The molecule has 0 spiro atoms. The molecule has 0 bridgehead atoms. The molecule has 0 saturated carbocycles. The molecule has 9 heteroatoms. The van der Waals surface area contributed by atoms with Crippen molar-refractivity contribution in [2.75, 3.05) is 19.7 Å². The molecule has 1 aliphatic rings. The van der Waals surface area contributed by atoms with Crippen molar-refractivity contribution in [3.63, 3.8) is 0 Å². The van der Waals surface area contributed by atoms with E-state index in [-0.39, 0.29) is 18.0 Å². The third-order valence-corrected chi connectivity index (χ3v) is 6.69. The Bertz CT molecular complexity index is 847. The summed E-state index contributed by atoms with van der Waals surface area (Å²) in [4.78, 5) is 0.227. The first-order valence-corrected chi connectivity index (χ1v) is 9.58. The second-order valence-corrected chi connectivity index (χ2v) is 8.37. The molecule has 1 aliphatic heterocycles. The van der Waals surface area contributed by atoms with E-state index >= 15 is 0 Å². The zero-order chi connectivity index (χ0) is 17.5. The topological polar surface area (TPSA) is 75.3 Å². The van der Waals surface area contributed by atoms with E-state index in [1.807, 2.05) is 0 Å². The van der Waals surface area contributed by atoms with Crippen molar-refractivity contribution in [1.29, 1.82) is 0 Å². The highest BCUT2D eigenvalue weighted by atomic mass is 35.5. The SMILES string of the molecule is Cc1n[nH]c(C)c1S(=O)(=O)N1CCOC(c2ccc(Cl)cc2Cl)C1. The molecule has 130 valence electrons. The van der Waals surface area contributed by atoms with Crippen LogP contribution in [0.1, 0.15) is 23.1 Å². The molecule has 0 radical (unpaired) electrons. The van der Waals surface area contributed by atoms with Gasteiger partial charge in [-0.15, -0.1) is 0 Å². The number of aromatic nitrogens is 2. The second-order valence-electron chi connectivity index (χ2n) is 5.65. The Labute approximate surface area is 150 Å². The van der Waals surface area contributed by atoms with Gasteiger partial charge in [-0.1, -0.05) is 29.3 Å². The highest BCUT2D eigenvalue weighted by Gasteiger charge is 2.35.